The van der Waals surface area contributed by atoms with Crippen molar-refractivity contribution in [3.63, 3.8) is 0 Å². The molecule has 72 heavy (non-hydrogen) atoms. The minimum atomic E-state index is -0.826. The highest BCUT2D eigenvalue weighted by Gasteiger charge is 2.27. The lowest BCUT2D eigenvalue weighted by Crippen LogP contribution is -2.47. The first-order valence-corrected chi connectivity index (χ1v) is 25.1. The first-order chi connectivity index (χ1) is 34.1. The third kappa shape index (κ3) is 27.3. The van der Waals surface area contributed by atoms with Crippen LogP contribution in [0.25, 0.3) is 0 Å². The van der Waals surface area contributed by atoms with E-state index < -0.39 is 41.4 Å². The van der Waals surface area contributed by atoms with Crippen LogP contribution < -0.4 is 10.6 Å². The van der Waals surface area contributed by atoms with Gasteiger partial charge in [-0.25, -0.2) is 24.0 Å². The predicted octanol–water partition coefficient (Wildman–Crippen LogP) is 10.2. The Morgan fingerprint density at radius 1 is 0.444 bits per heavy atom. The van der Waals surface area contributed by atoms with Crippen LogP contribution in [-0.4, -0.2) is 102 Å². The van der Waals surface area contributed by atoms with E-state index in [1.807, 2.05) is 41.5 Å². The lowest BCUT2D eigenvalue weighted by Gasteiger charge is -2.35. The monoisotopic (exact) mass is 1010 g/mol. The fraction of sp³-hybridized carbons (Fsp3) is 0.582. The number of rotatable bonds is 32. The zero-order valence-electron chi connectivity index (χ0n) is 44.3. The summed E-state index contributed by atoms with van der Waals surface area (Å²) in [6.07, 6.45) is 7.47. The number of alkyl carbamates (subject to hydrolysis) is 2. The van der Waals surface area contributed by atoms with Gasteiger partial charge in [0.05, 0.1) is 13.1 Å². The van der Waals surface area contributed by atoms with Crippen LogP contribution >= 0.6 is 0 Å². The molecule has 0 spiro atoms. The summed E-state index contributed by atoms with van der Waals surface area (Å²) in [6, 6.07) is 14.2. The molecule has 17 nitrogen and oxygen atoms in total. The van der Waals surface area contributed by atoms with Crippen LogP contribution in [0.5, 0.6) is 0 Å². The highest BCUT2D eigenvalue weighted by Crippen LogP contribution is 2.19. The minimum Gasteiger partial charge on any atom is -0.460 e. The second kappa shape index (κ2) is 33.3. The molecule has 0 aromatic heterocycles. The first-order valence-electron chi connectivity index (χ1n) is 25.1. The van der Waals surface area contributed by atoms with Gasteiger partial charge in [0.15, 0.2) is 0 Å². The number of benzene rings is 2. The number of esters is 2. The Kier molecular flexibility index (Phi) is 28.5. The van der Waals surface area contributed by atoms with Crippen molar-refractivity contribution < 1.29 is 62.0 Å². The third-order valence-corrected chi connectivity index (χ3v) is 11.2. The van der Waals surface area contributed by atoms with Gasteiger partial charge in [-0.2, -0.15) is 0 Å². The molecule has 2 N–H and O–H groups in total. The van der Waals surface area contributed by atoms with E-state index in [1.165, 1.54) is 0 Å². The minimum absolute atomic E-state index is 0.00164. The van der Waals surface area contributed by atoms with Crippen molar-refractivity contribution in [3.8, 4) is 0 Å². The number of carbonyl (C=O) groups excluding carboxylic acids is 7. The molecule has 0 radical (unpaired) electrons. The normalized spacial score (nSPS) is 11.1. The average molecular weight is 1010 g/mol. The molecule has 400 valence electrons. The average Bonchev–Trinajstić information content (AvgIpc) is 3.32. The van der Waals surface area contributed by atoms with E-state index in [0.717, 1.165) is 86.5 Å². The summed E-state index contributed by atoms with van der Waals surface area (Å²) in [7, 11) is 0. The van der Waals surface area contributed by atoms with Crippen LogP contribution in [0.15, 0.2) is 72.8 Å². The van der Waals surface area contributed by atoms with Crippen LogP contribution in [-0.2, 0) is 74.0 Å². The number of nitrogens with zero attached hydrogens (tertiary/aromatic N) is 2. The lowest BCUT2D eigenvalue weighted by molar-refractivity contribution is -0.144. The number of unbranched alkanes of at least 4 members (excludes halogenated alkanes) is 8. The smallest absolute Gasteiger partial charge is 0.460 e. The number of ether oxygens (including phenoxy) is 6. The van der Waals surface area contributed by atoms with E-state index in [2.05, 4.69) is 23.8 Å². The van der Waals surface area contributed by atoms with Crippen molar-refractivity contribution in [1.29, 1.82) is 0 Å². The van der Waals surface area contributed by atoms with Gasteiger partial charge in [0.25, 0.3) is 0 Å². The molecule has 0 fully saturated rings. The summed E-state index contributed by atoms with van der Waals surface area (Å²) in [5.41, 5.74) is 2.87. The van der Waals surface area contributed by atoms with E-state index >= 15 is 0 Å². The lowest BCUT2D eigenvalue weighted by atomic mass is 10.0. The number of amides is 4. The number of nitrogens with one attached hydrogen (secondary N) is 2. The molecule has 0 atom stereocenters. The number of hydrogen-bond acceptors (Lipinski definition) is 13. The molecule has 0 aliphatic heterocycles. The zero-order chi connectivity index (χ0) is 53.5. The molecular weight excluding hydrogens is 925 g/mol. The molecule has 0 aliphatic rings. The van der Waals surface area contributed by atoms with E-state index in [-0.39, 0.29) is 51.5 Å². The summed E-state index contributed by atoms with van der Waals surface area (Å²) in [6.45, 7) is 24.1. The van der Waals surface area contributed by atoms with Gasteiger partial charge in [0, 0.05) is 48.2 Å². The van der Waals surface area contributed by atoms with Crippen molar-refractivity contribution in [2.75, 3.05) is 39.4 Å². The standard InChI is InChI=1S/C55H82N4O13/c1-41(2)49(62)67-35-33-58(54(5,6)7)47(60)21-17-13-11-15-19-31-56-51(64)69-37-43-23-27-45(28-24-43)39-71-53(66)72-40-46-29-25-44(26-30-46)38-70-52(65)57-32-20-16-12-14-18-22-48(61)59(55(8,9)10)34-36-68-50(63)42(3)4/h23-30H,1,3,11-22,31-40H2,2,4-10H3,(H,56,64)(H,57,65). The van der Waals surface area contributed by atoms with Gasteiger partial charge in [-0.15, -0.1) is 0 Å². The maximum absolute atomic E-state index is 12.9. The third-order valence-electron chi connectivity index (χ3n) is 11.2. The molecule has 2 aromatic rings. The van der Waals surface area contributed by atoms with Gasteiger partial charge in [-0.1, -0.05) is 100 Å². The van der Waals surface area contributed by atoms with Gasteiger partial charge < -0.3 is 48.9 Å². The molecular formula is C55H82N4O13. The SMILES string of the molecule is C=C(C)C(=O)OCCN(C(=O)CCCCCCCNC(=O)OCc1ccc(COC(=O)OCc2ccc(COC(=O)NCCCCCCCC(=O)N(CCOC(=O)C(=C)C)C(C)(C)C)cc2)cc1)C(C)(C)C. The van der Waals surface area contributed by atoms with Gasteiger partial charge in [-0.05, 0) is 103 Å². The number of hydrogen-bond donors (Lipinski definition) is 2. The molecule has 0 saturated carbocycles. The number of carbonyl (C=O) groups is 7. The second-order valence-electron chi connectivity index (χ2n) is 19.8. The van der Waals surface area contributed by atoms with Crippen LogP contribution in [0.2, 0.25) is 0 Å². The molecule has 0 bridgehead atoms. The quantitative estimate of drug-likeness (QED) is 0.0303. The van der Waals surface area contributed by atoms with Gasteiger partial charge in [-0.3, -0.25) is 9.59 Å². The molecule has 0 aliphatic carbocycles. The van der Waals surface area contributed by atoms with Gasteiger partial charge in [0.2, 0.25) is 11.8 Å². The van der Waals surface area contributed by atoms with E-state index in [9.17, 15) is 33.6 Å². The van der Waals surface area contributed by atoms with Crippen molar-refractivity contribution in [2.45, 2.75) is 170 Å². The molecule has 2 aromatic carbocycles. The molecule has 17 heteroatoms. The van der Waals surface area contributed by atoms with Crippen LogP contribution in [0.4, 0.5) is 14.4 Å². The fourth-order valence-corrected chi connectivity index (χ4v) is 7.08. The maximum atomic E-state index is 12.9. The second-order valence-corrected chi connectivity index (χ2v) is 19.8. The molecule has 4 amide bonds. The summed E-state index contributed by atoms with van der Waals surface area (Å²) >= 11 is 0. The Morgan fingerprint density at radius 2 is 0.736 bits per heavy atom. The first kappa shape index (κ1) is 61.7. The van der Waals surface area contributed by atoms with Crippen molar-refractivity contribution in [1.82, 2.24) is 20.4 Å². The largest absolute Gasteiger partial charge is 0.508 e. The van der Waals surface area contributed by atoms with Crippen molar-refractivity contribution >= 4 is 42.1 Å². The Labute approximate surface area is 427 Å². The molecule has 0 heterocycles. The Balaban J connectivity index is 1.52. The molecule has 0 unspecified atom stereocenters. The molecule has 2 rings (SSSR count). The summed E-state index contributed by atoms with van der Waals surface area (Å²) in [5, 5.41) is 5.53. The van der Waals surface area contributed by atoms with Gasteiger partial charge in [0.1, 0.15) is 39.6 Å². The van der Waals surface area contributed by atoms with Crippen LogP contribution in [0.1, 0.15) is 155 Å². The topological polar surface area (TPSA) is 205 Å². The Hall–Kier alpha value is -6.39. The highest BCUT2D eigenvalue weighted by molar-refractivity contribution is 5.87. The summed E-state index contributed by atoms with van der Waals surface area (Å²) in [4.78, 5) is 89.3. The Morgan fingerprint density at radius 3 is 1.04 bits per heavy atom. The zero-order valence-corrected chi connectivity index (χ0v) is 44.3. The Bertz CT molecular complexity index is 1900. The maximum Gasteiger partial charge on any atom is 0.508 e. The predicted molar refractivity (Wildman–Crippen MR) is 274 cm³/mol. The summed E-state index contributed by atoms with van der Waals surface area (Å²) in [5.74, 6) is -0.876. The van der Waals surface area contributed by atoms with Crippen LogP contribution in [0, 0.1) is 0 Å². The van der Waals surface area contributed by atoms with E-state index in [4.69, 9.17) is 28.4 Å². The highest BCUT2D eigenvalue weighted by atomic mass is 16.7. The van der Waals surface area contributed by atoms with E-state index in [1.54, 1.807) is 72.2 Å². The van der Waals surface area contributed by atoms with Gasteiger partial charge >= 0.3 is 30.3 Å². The molecule has 0 saturated heterocycles. The van der Waals surface area contributed by atoms with Crippen LogP contribution in [0.3, 0.4) is 0 Å². The summed E-state index contributed by atoms with van der Waals surface area (Å²) < 4.78 is 31.5. The van der Waals surface area contributed by atoms with E-state index in [0.29, 0.717) is 50.2 Å². The van der Waals surface area contributed by atoms with Crippen molar-refractivity contribution in [2.24, 2.45) is 0 Å². The fourth-order valence-electron chi connectivity index (χ4n) is 7.08. The van der Waals surface area contributed by atoms with Crippen molar-refractivity contribution in [3.05, 3.63) is 95.1 Å².